The summed E-state index contributed by atoms with van der Waals surface area (Å²) in [7, 11) is 0. The number of fused-ring (bicyclic) bond motifs is 9. The van der Waals surface area contributed by atoms with Gasteiger partial charge in [0.1, 0.15) is 11.5 Å². The van der Waals surface area contributed by atoms with Gasteiger partial charge in [0.15, 0.2) is 0 Å². The Labute approximate surface area is 292 Å². The minimum atomic E-state index is -0.348. The third-order valence-corrected chi connectivity index (χ3v) is 10.5. The number of para-hydroxylation sites is 1. The van der Waals surface area contributed by atoms with E-state index in [4.69, 9.17) is 15.6 Å². The van der Waals surface area contributed by atoms with Gasteiger partial charge in [0.25, 0.3) is 0 Å². The zero-order valence-corrected chi connectivity index (χ0v) is 27.4. The van der Waals surface area contributed by atoms with Crippen molar-refractivity contribution in [3.05, 3.63) is 215 Å². The number of nitrogens with one attached hydrogen (secondary N) is 2. The Bertz CT molecular complexity index is 2400. The molecule has 6 aromatic rings. The number of hydrogen-bond donors (Lipinski definition) is 2. The maximum atomic E-state index is 8.58. The number of ether oxygens (including phenoxy) is 1. The highest BCUT2D eigenvalue weighted by Gasteiger charge is 2.56. The van der Waals surface area contributed by atoms with Gasteiger partial charge in [-0.2, -0.15) is 0 Å². The smallest absolute Gasteiger partial charge is 0.132 e. The summed E-state index contributed by atoms with van der Waals surface area (Å²) >= 11 is 0. The minimum Gasteiger partial charge on any atom is -0.457 e. The Hall–Kier alpha value is -6.32. The summed E-state index contributed by atoms with van der Waals surface area (Å²) in [6, 6.07) is 50.6. The highest BCUT2D eigenvalue weighted by atomic mass is 16.5. The lowest BCUT2D eigenvalue weighted by Crippen LogP contribution is -2.37. The van der Waals surface area contributed by atoms with E-state index in [9.17, 15) is 0 Å². The average Bonchev–Trinajstić information content (AvgIpc) is 3.48. The van der Waals surface area contributed by atoms with Crippen LogP contribution >= 0.6 is 0 Å². The van der Waals surface area contributed by atoms with Gasteiger partial charge in [-0.3, -0.25) is 0 Å². The molecular formula is C47H34N2O. The molecule has 2 aliphatic carbocycles. The van der Waals surface area contributed by atoms with Crippen molar-refractivity contribution < 1.29 is 4.74 Å². The first-order chi connectivity index (χ1) is 24.6. The summed E-state index contributed by atoms with van der Waals surface area (Å²) < 4.78 is 6.75. The molecule has 1 spiro atoms. The first-order valence-electron chi connectivity index (χ1n) is 17.1. The van der Waals surface area contributed by atoms with E-state index < -0.39 is 0 Å². The molecule has 0 radical (unpaired) electrons. The quantitative estimate of drug-likeness (QED) is 0.175. The van der Waals surface area contributed by atoms with Gasteiger partial charge in [0.05, 0.1) is 16.8 Å². The number of benzene rings is 6. The van der Waals surface area contributed by atoms with Gasteiger partial charge in [-0.15, -0.1) is 0 Å². The number of hydrogen-bond acceptors (Lipinski definition) is 3. The molecular weight excluding hydrogens is 609 g/mol. The summed E-state index contributed by atoms with van der Waals surface area (Å²) in [6.45, 7) is 0. The summed E-state index contributed by atoms with van der Waals surface area (Å²) in [5.41, 5.74) is 11.6. The Morgan fingerprint density at radius 1 is 0.500 bits per heavy atom. The maximum Gasteiger partial charge on any atom is 0.132 e. The van der Waals surface area contributed by atoms with Crippen molar-refractivity contribution >= 4 is 11.4 Å². The Morgan fingerprint density at radius 3 is 1.90 bits per heavy atom. The fraction of sp³-hybridized carbons (Fsp3) is 0.0638. The molecule has 1 aliphatic heterocycles. The standard InChI is InChI=1S/C47H34N2O/c48-43(32-11-2-1-3-12-32)27-28-44(49)33-23-21-31(22-24-33)34-13-10-14-35(29-34)36-25-26-42-46(30-36)50-45-20-9-8-19-41(45)47(42)39-17-6-4-15-37(39)38-16-5-7-18-40(38)47/h1-30,37,39,48-49H/b28-27-,48-43?,49-44?. The Morgan fingerprint density at radius 2 is 1.10 bits per heavy atom. The second kappa shape index (κ2) is 12.0. The van der Waals surface area contributed by atoms with Crippen LogP contribution in [0.4, 0.5) is 0 Å². The fourth-order valence-electron chi connectivity index (χ4n) is 8.25. The van der Waals surface area contributed by atoms with E-state index in [1.165, 1.54) is 22.3 Å². The van der Waals surface area contributed by atoms with Gasteiger partial charge in [0.2, 0.25) is 0 Å². The highest BCUT2D eigenvalue weighted by molar-refractivity contribution is 6.13. The first-order valence-corrected chi connectivity index (χ1v) is 17.1. The van der Waals surface area contributed by atoms with Crippen LogP contribution in [0.2, 0.25) is 0 Å². The van der Waals surface area contributed by atoms with Crippen LogP contribution in [0, 0.1) is 16.7 Å². The van der Waals surface area contributed by atoms with Crippen LogP contribution in [0.3, 0.4) is 0 Å². The third-order valence-electron chi connectivity index (χ3n) is 10.5. The van der Waals surface area contributed by atoms with E-state index in [1.807, 2.05) is 42.5 Å². The molecule has 3 aliphatic rings. The second-order valence-electron chi connectivity index (χ2n) is 13.2. The molecule has 50 heavy (non-hydrogen) atoms. The van der Waals surface area contributed by atoms with Gasteiger partial charge < -0.3 is 15.6 Å². The molecule has 3 atom stereocenters. The van der Waals surface area contributed by atoms with E-state index in [0.29, 0.717) is 17.3 Å². The monoisotopic (exact) mass is 642 g/mol. The number of rotatable bonds is 6. The topological polar surface area (TPSA) is 56.9 Å². The molecule has 0 amide bonds. The molecule has 6 aromatic carbocycles. The van der Waals surface area contributed by atoms with Crippen LogP contribution in [-0.4, -0.2) is 11.4 Å². The Balaban J connectivity index is 1.04. The summed E-state index contributed by atoms with van der Waals surface area (Å²) in [6.07, 6.45) is 12.5. The van der Waals surface area contributed by atoms with Crippen LogP contribution in [0.25, 0.3) is 22.3 Å². The van der Waals surface area contributed by atoms with E-state index >= 15 is 0 Å². The summed E-state index contributed by atoms with van der Waals surface area (Å²) in [5.74, 6) is 2.38. The van der Waals surface area contributed by atoms with Gasteiger partial charge >= 0.3 is 0 Å². The molecule has 2 N–H and O–H groups in total. The second-order valence-corrected chi connectivity index (χ2v) is 13.2. The average molecular weight is 643 g/mol. The van der Waals surface area contributed by atoms with Crippen LogP contribution in [0.1, 0.15) is 39.3 Å². The Kier molecular flexibility index (Phi) is 7.14. The van der Waals surface area contributed by atoms with Gasteiger partial charge in [-0.25, -0.2) is 0 Å². The van der Waals surface area contributed by atoms with E-state index in [1.54, 1.807) is 12.2 Å². The molecule has 1 heterocycles. The van der Waals surface area contributed by atoms with Crippen LogP contribution in [0.15, 0.2) is 182 Å². The summed E-state index contributed by atoms with van der Waals surface area (Å²) in [5, 5.41) is 16.9. The SMILES string of the molecule is N=C(/C=C\C(=N)c1ccc(-c2cccc(-c3ccc4c(c3)Oc3ccccc3C43c4ccccc4C4C=CC=CC43)c2)cc1)c1ccccc1. The van der Waals surface area contributed by atoms with Gasteiger partial charge in [-0.05, 0) is 74.9 Å². The lowest BCUT2D eigenvalue weighted by Gasteiger charge is -2.43. The van der Waals surface area contributed by atoms with Gasteiger partial charge in [0, 0.05) is 23.0 Å². The zero-order valence-electron chi connectivity index (χ0n) is 27.4. The first kappa shape index (κ1) is 29.8. The molecule has 0 saturated heterocycles. The van der Waals surface area contributed by atoms with E-state index in [0.717, 1.165) is 44.9 Å². The molecule has 0 fully saturated rings. The van der Waals surface area contributed by atoms with Crippen molar-refractivity contribution in [1.82, 2.24) is 0 Å². The maximum absolute atomic E-state index is 8.58. The number of allylic oxidation sites excluding steroid dienone is 6. The van der Waals surface area contributed by atoms with Crippen molar-refractivity contribution in [1.29, 1.82) is 10.8 Å². The molecule has 0 saturated carbocycles. The molecule has 9 rings (SSSR count). The van der Waals surface area contributed by atoms with Crippen molar-refractivity contribution in [3.63, 3.8) is 0 Å². The highest BCUT2D eigenvalue weighted by Crippen LogP contribution is 2.64. The molecule has 238 valence electrons. The molecule has 3 unspecified atom stereocenters. The molecule has 3 heteroatoms. The zero-order chi connectivity index (χ0) is 33.7. The fourth-order valence-corrected chi connectivity index (χ4v) is 8.25. The van der Waals surface area contributed by atoms with Gasteiger partial charge in [-0.1, -0.05) is 152 Å². The van der Waals surface area contributed by atoms with Crippen molar-refractivity contribution in [2.75, 3.05) is 0 Å². The third kappa shape index (κ3) is 4.74. The van der Waals surface area contributed by atoms with E-state index in [2.05, 4.69) is 127 Å². The normalized spacial score (nSPS) is 19.4. The van der Waals surface area contributed by atoms with E-state index in [-0.39, 0.29) is 11.3 Å². The van der Waals surface area contributed by atoms with Crippen molar-refractivity contribution in [2.45, 2.75) is 11.3 Å². The van der Waals surface area contributed by atoms with Crippen LogP contribution < -0.4 is 4.74 Å². The largest absolute Gasteiger partial charge is 0.457 e. The molecule has 0 bridgehead atoms. The van der Waals surface area contributed by atoms with Crippen LogP contribution in [0.5, 0.6) is 11.5 Å². The molecule has 0 aromatic heterocycles. The predicted octanol–water partition coefficient (Wildman–Crippen LogP) is 11.3. The molecule has 3 nitrogen and oxygen atoms in total. The van der Waals surface area contributed by atoms with Crippen LogP contribution in [-0.2, 0) is 5.41 Å². The summed E-state index contributed by atoms with van der Waals surface area (Å²) in [4.78, 5) is 0. The minimum absolute atomic E-state index is 0.249. The lowest BCUT2D eigenvalue weighted by molar-refractivity contribution is 0.374. The van der Waals surface area contributed by atoms with Crippen molar-refractivity contribution in [3.8, 4) is 33.8 Å². The van der Waals surface area contributed by atoms with Crippen molar-refractivity contribution in [2.24, 2.45) is 5.92 Å². The lowest BCUT2D eigenvalue weighted by atomic mass is 9.62. The predicted molar refractivity (Wildman–Crippen MR) is 204 cm³/mol.